The van der Waals surface area contributed by atoms with E-state index in [9.17, 15) is 19.7 Å². The van der Waals surface area contributed by atoms with E-state index in [-0.39, 0.29) is 10.7 Å². The lowest BCUT2D eigenvalue weighted by atomic mass is 10.2. The van der Waals surface area contributed by atoms with Crippen molar-refractivity contribution in [3.63, 3.8) is 0 Å². The number of imide groups is 1. The topological polar surface area (TPSA) is 100 Å². The zero-order chi connectivity index (χ0) is 20.5. The number of likely N-dealkylation sites (N-methyl/N-ethyl adjacent to an activating group) is 1. The van der Waals surface area contributed by atoms with E-state index in [2.05, 4.69) is 16.8 Å². The van der Waals surface area contributed by atoms with Crippen molar-refractivity contribution in [1.29, 1.82) is 0 Å². The molecule has 0 N–H and O–H groups in total. The van der Waals surface area contributed by atoms with E-state index < -0.39 is 22.0 Å². The molecule has 0 unspecified atom stereocenters. The zero-order valence-electron chi connectivity index (χ0n) is 15.6. The molecule has 0 spiro atoms. The summed E-state index contributed by atoms with van der Waals surface area (Å²) >= 11 is 0.779. The van der Waals surface area contributed by atoms with Crippen LogP contribution in [0.4, 0.5) is 22.1 Å². The number of rotatable bonds is 4. The second-order valence-corrected chi connectivity index (χ2v) is 7.75. The summed E-state index contributed by atoms with van der Waals surface area (Å²) in [5.74, 6) is -0.752. The van der Waals surface area contributed by atoms with Gasteiger partial charge in [-0.25, -0.2) is 4.90 Å². The van der Waals surface area contributed by atoms with Crippen molar-refractivity contribution >= 4 is 46.2 Å². The van der Waals surface area contributed by atoms with E-state index in [0.29, 0.717) is 5.69 Å². The number of hydrogen-bond acceptors (Lipinski definition) is 8. The SMILES string of the molecule is CN1CCN(c2cccc(N3C(=O)S/C(=C\c4ccc([N+](=O)[O-])o4)C3=O)c2)CC1. The Balaban J connectivity index is 1.56. The summed E-state index contributed by atoms with van der Waals surface area (Å²) in [7, 11) is 2.08. The first-order chi connectivity index (χ1) is 13.9. The monoisotopic (exact) mass is 414 g/mol. The highest BCUT2D eigenvalue weighted by molar-refractivity contribution is 8.19. The summed E-state index contributed by atoms with van der Waals surface area (Å²) in [6, 6.07) is 9.94. The Morgan fingerprint density at radius 2 is 1.83 bits per heavy atom. The molecule has 0 radical (unpaired) electrons. The lowest BCUT2D eigenvalue weighted by Gasteiger charge is -2.34. The summed E-state index contributed by atoms with van der Waals surface area (Å²) in [4.78, 5) is 41.1. The van der Waals surface area contributed by atoms with Gasteiger partial charge in [-0.1, -0.05) is 6.07 Å². The highest BCUT2D eigenvalue weighted by Gasteiger charge is 2.37. The van der Waals surface area contributed by atoms with Crippen molar-refractivity contribution in [3.05, 3.63) is 57.2 Å². The molecule has 1 aromatic carbocycles. The summed E-state index contributed by atoms with van der Waals surface area (Å²) in [5, 5.41) is 10.3. The molecule has 2 saturated heterocycles. The molecule has 0 saturated carbocycles. The molecule has 2 aliphatic heterocycles. The molecule has 0 atom stereocenters. The first-order valence-corrected chi connectivity index (χ1v) is 9.80. The van der Waals surface area contributed by atoms with E-state index in [1.807, 2.05) is 18.2 Å². The summed E-state index contributed by atoms with van der Waals surface area (Å²) < 4.78 is 5.06. The number of nitro groups is 1. The highest BCUT2D eigenvalue weighted by Crippen LogP contribution is 2.37. The number of piperazine rings is 1. The zero-order valence-corrected chi connectivity index (χ0v) is 16.4. The molecule has 29 heavy (non-hydrogen) atoms. The second-order valence-electron chi connectivity index (χ2n) is 6.76. The van der Waals surface area contributed by atoms with Crippen LogP contribution < -0.4 is 9.80 Å². The van der Waals surface area contributed by atoms with Crippen LogP contribution in [0.15, 0.2) is 45.7 Å². The summed E-state index contributed by atoms with van der Waals surface area (Å²) in [5.41, 5.74) is 1.46. The van der Waals surface area contributed by atoms with Gasteiger partial charge >= 0.3 is 5.88 Å². The van der Waals surface area contributed by atoms with Gasteiger partial charge in [0, 0.05) is 37.9 Å². The van der Waals surface area contributed by atoms with E-state index >= 15 is 0 Å². The van der Waals surface area contributed by atoms with Gasteiger partial charge in [0.1, 0.15) is 10.7 Å². The molecule has 4 rings (SSSR count). The van der Waals surface area contributed by atoms with Gasteiger partial charge in [0.2, 0.25) is 0 Å². The van der Waals surface area contributed by atoms with Crippen LogP contribution in [0.1, 0.15) is 5.76 Å². The number of carbonyl (C=O) groups is 2. The third-order valence-electron chi connectivity index (χ3n) is 4.82. The number of anilines is 2. The Morgan fingerprint density at radius 3 is 2.52 bits per heavy atom. The lowest BCUT2D eigenvalue weighted by molar-refractivity contribution is -0.402. The van der Waals surface area contributed by atoms with E-state index in [0.717, 1.165) is 48.5 Å². The second kappa shape index (κ2) is 7.72. The van der Waals surface area contributed by atoms with Gasteiger partial charge < -0.3 is 14.2 Å². The smallest absolute Gasteiger partial charge is 0.401 e. The number of nitrogens with zero attached hydrogens (tertiary/aromatic N) is 4. The Hall–Kier alpha value is -3.11. The fourth-order valence-corrected chi connectivity index (χ4v) is 4.05. The van der Waals surface area contributed by atoms with Crippen LogP contribution >= 0.6 is 11.8 Å². The molecule has 2 aromatic rings. The highest BCUT2D eigenvalue weighted by atomic mass is 32.2. The minimum absolute atomic E-state index is 0.147. The fourth-order valence-electron chi connectivity index (χ4n) is 3.23. The number of carbonyl (C=O) groups excluding carboxylic acids is 2. The quantitative estimate of drug-likeness (QED) is 0.427. The van der Waals surface area contributed by atoms with Crippen LogP contribution in [-0.4, -0.2) is 54.2 Å². The molecule has 0 bridgehead atoms. The number of furan rings is 1. The Kier molecular flexibility index (Phi) is 5.12. The number of hydrogen-bond donors (Lipinski definition) is 0. The Morgan fingerprint density at radius 1 is 1.10 bits per heavy atom. The van der Waals surface area contributed by atoms with Crippen molar-refractivity contribution in [3.8, 4) is 0 Å². The molecule has 9 nitrogen and oxygen atoms in total. The van der Waals surface area contributed by atoms with Crippen molar-refractivity contribution in [2.75, 3.05) is 43.0 Å². The van der Waals surface area contributed by atoms with E-state index in [1.54, 1.807) is 6.07 Å². The van der Waals surface area contributed by atoms with Crippen molar-refractivity contribution in [1.82, 2.24) is 4.90 Å². The maximum atomic E-state index is 12.8. The van der Waals surface area contributed by atoms with E-state index in [4.69, 9.17) is 4.42 Å². The molecule has 2 aliphatic rings. The van der Waals surface area contributed by atoms with Gasteiger partial charge in [-0.3, -0.25) is 19.7 Å². The summed E-state index contributed by atoms with van der Waals surface area (Å²) in [6.07, 6.45) is 1.35. The van der Waals surface area contributed by atoms with Gasteiger partial charge in [-0.05, 0) is 43.1 Å². The molecule has 150 valence electrons. The predicted molar refractivity (Wildman–Crippen MR) is 110 cm³/mol. The van der Waals surface area contributed by atoms with Gasteiger partial charge in [0.25, 0.3) is 11.1 Å². The first kappa shape index (κ1) is 19.2. The molecule has 3 heterocycles. The predicted octanol–water partition coefficient (Wildman–Crippen LogP) is 3.18. The lowest BCUT2D eigenvalue weighted by Crippen LogP contribution is -2.44. The van der Waals surface area contributed by atoms with Crippen molar-refractivity contribution in [2.45, 2.75) is 0 Å². The van der Waals surface area contributed by atoms with Crippen LogP contribution in [0.3, 0.4) is 0 Å². The van der Waals surface area contributed by atoms with Crippen LogP contribution in [0.25, 0.3) is 6.08 Å². The number of thioether (sulfide) groups is 1. The van der Waals surface area contributed by atoms with Gasteiger partial charge in [-0.15, -0.1) is 0 Å². The standard InChI is InChI=1S/C19H18N4O5S/c1-20-7-9-21(10-8-20)13-3-2-4-14(11-13)22-18(24)16(29-19(22)25)12-15-5-6-17(28-15)23(26)27/h2-6,11-12H,7-10H2,1H3/b16-12-. The molecular formula is C19H18N4O5S. The minimum atomic E-state index is -0.660. The number of benzene rings is 1. The van der Waals surface area contributed by atoms with Crippen LogP contribution in [-0.2, 0) is 4.79 Å². The Bertz CT molecular complexity index is 1010. The molecular weight excluding hydrogens is 396 g/mol. The molecule has 2 amide bonds. The Labute approximate surface area is 170 Å². The van der Waals surface area contributed by atoms with E-state index in [1.165, 1.54) is 18.2 Å². The average molecular weight is 414 g/mol. The van der Waals surface area contributed by atoms with Crippen LogP contribution in [0, 0.1) is 10.1 Å². The van der Waals surface area contributed by atoms with Crippen molar-refractivity contribution in [2.24, 2.45) is 0 Å². The van der Waals surface area contributed by atoms with Gasteiger partial charge in [0.05, 0.1) is 16.7 Å². The third kappa shape index (κ3) is 3.89. The maximum Gasteiger partial charge on any atom is 0.433 e. The average Bonchev–Trinajstić information content (AvgIpc) is 3.27. The molecule has 1 aromatic heterocycles. The van der Waals surface area contributed by atoms with Gasteiger partial charge in [0.15, 0.2) is 0 Å². The summed E-state index contributed by atoms with van der Waals surface area (Å²) in [6.45, 7) is 3.64. The molecule has 10 heteroatoms. The minimum Gasteiger partial charge on any atom is -0.401 e. The van der Waals surface area contributed by atoms with Gasteiger partial charge in [-0.2, -0.15) is 0 Å². The van der Waals surface area contributed by atoms with Crippen LogP contribution in [0.2, 0.25) is 0 Å². The third-order valence-corrected chi connectivity index (χ3v) is 5.69. The van der Waals surface area contributed by atoms with Crippen LogP contribution in [0.5, 0.6) is 0 Å². The largest absolute Gasteiger partial charge is 0.433 e. The maximum absolute atomic E-state index is 12.8. The normalized spacial score (nSPS) is 19.4. The first-order valence-electron chi connectivity index (χ1n) is 8.98. The molecule has 0 aliphatic carbocycles. The fraction of sp³-hybridized carbons (Fsp3) is 0.263. The number of amides is 2. The molecule has 2 fully saturated rings. The van der Waals surface area contributed by atoms with Crippen molar-refractivity contribution < 1.29 is 18.9 Å².